The van der Waals surface area contributed by atoms with Crippen molar-refractivity contribution in [3.05, 3.63) is 120 Å². The predicted molar refractivity (Wildman–Crippen MR) is 133 cm³/mol. The van der Waals surface area contributed by atoms with Crippen molar-refractivity contribution >= 4 is 26.7 Å². The van der Waals surface area contributed by atoms with E-state index in [4.69, 9.17) is 0 Å². The molecule has 1 unspecified atom stereocenters. The van der Waals surface area contributed by atoms with Crippen molar-refractivity contribution < 1.29 is 18.3 Å². The first kappa shape index (κ1) is 23.2. The Morgan fingerprint density at radius 2 is 1.59 bits per heavy atom. The van der Waals surface area contributed by atoms with Crippen LogP contribution in [0.1, 0.15) is 27.5 Å². The predicted octanol–water partition coefficient (Wildman–Crippen LogP) is 4.53. The lowest BCUT2D eigenvalue weighted by Crippen LogP contribution is -2.29. The Bertz CT molecular complexity index is 1430. The van der Waals surface area contributed by atoms with E-state index in [2.05, 4.69) is 16.6 Å². The molecule has 6 nitrogen and oxygen atoms in total. The minimum Gasteiger partial charge on any atom is -0.508 e. The second-order valence-corrected chi connectivity index (χ2v) is 9.47. The zero-order valence-electron chi connectivity index (χ0n) is 18.3. The maximum atomic E-state index is 13.2. The van der Waals surface area contributed by atoms with Gasteiger partial charge < -0.3 is 10.4 Å². The highest BCUT2D eigenvalue weighted by atomic mass is 32.2. The van der Waals surface area contributed by atoms with Crippen LogP contribution in [-0.4, -0.2) is 26.0 Å². The maximum absolute atomic E-state index is 13.2. The molecule has 0 saturated heterocycles. The molecule has 0 aliphatic heterocycles. The van der Waals surface area contributed by atoms with Gasteiger partial charge in [0.05, 0.1) is 10.9 Å². The highest BCUT2D eigenvalue weighted by Gasteiger charge is 2.23. The van der Waals surface area contributed by atoms with E-state index in [1.54, 1.807) is 6.07 Å². The first-order chi connectivity index (χ1) is 16.4. The first-order valence-electron chi connectivity index (χ1n) is 10.7. The van der Waals surface area contributed by atoms with E-state index in [1.807, 2.05) is 60.7 Å². The molecule has 0 spiro atoms. The normalized spacial score (nSPS) is 12.2. The van der Waals surface area contributed by atoms with Gasteiger partial charge in [-0.25, -0.2) is 13.1 Å². The molecule has 0 heterocycles. The lowest BCUT2D eigenvalue weighted by molar-refractivity contribution is 0.0943. The Kier molecular flexibility index (Phi) is 6.77. The van der Waals surface area contributed by atoms with Crippen molar-refractivity contribution in [2.75, 3.05) is 6.54 Å². The molecule has 34 heavy (non-hydrogen) atoms. The smallest absolute Gasteiger partial charge is 0.252 e. The summed E-state index contributed by atoms with van der Waals surface area (Å²) in [5.41, 5.74) is 1.68. The van der Waals surface area contributed by atoms with Crippen molar-refractivity contribution in [1.82, 2.24) is 10.0 Å². The summed E-state index contributed by atoms with van der Waals surface area (Å²) in [4.78, 5) is 13.3. The quantitative estimate of drug-likeness (QED) is 0.328. The van der Waals surface area contributed by atoms with Crippen LogP contribution < -0.4 is 10.0 Å². The van der Waals surface area contributed by atoms with Gasteiger partial charge in [0.2, 0.25) is 10.0 Å². The van der Waals surface area contributed by atoms with Gasteiger partial charge in [-0.05, 0) is 46.7 Å². The third kappa shape index (κ3) is 4.85. The van der Waals surface area contributed by atoms with Crippen LogP contribution in [0.2, 0.25) is 0 Å². The number of amides is 1. The van der Waals surface area contributed by atoms with Crippen LogP contribution in [0.4, 0.5) is 0 Å². The lowest BCUT2D eigenvalue weighted by atomic mass is 9.92. The second kappa shape index (κ2) is 9.91. The van der Waals surface area contributed by atoms with Crippen LogP contribution in [0.15, 0.2) is 109 Å². The topological polar surface area (TPSA) is 95.5 Å². The first-order valence-corrected chi connectivity index (χ1v) is 12.2. The fourth-order valence-corrected chi connectivity index (χ4v) is 4.81. The molecule has 0 aliphatic carbocycles. The Morgan fingerprint density at radius 1 is 0.912 bits per heavy atom. The molecule has 1 amide bonds. The minimum atomic E-state index is -3.69. The van der Waals surface area contributed by atoms with Gasteiger partial charge in [-0.1, -0.05) is 66.7 Å². The monoisotopic (exact) mass is 472 g/mol. The molecule has 0 fully saturated rings. The largest absolute Gasteiger partial charge is 0.508 e. The van der Waals surface area contributed by atoms with Crippen LogP contribution >= 0.6 is 0 Å². The van der Waals surface area contributed by atoms with Crippen molar-refractivity contribution in [3.8, 4) is 5.75 Å². The Balaban J connectivity index is 1.70. The third-order valence-corrected chi connectivity index (χ3v) is 6.93. The number of sulfonamides is 1. The highest BCUT2D eigenvalue weighted by Crippen LogP contribution is 2.36. The zero-order chi connectivity index (χ0) is 24.1. The van der Waals surface area contributed by atoms with Crippen molar-refractivity contribution in [2.45, 2.75) is 10.9 Å². The maximum Gasteiger partial charge on any atom is 0.252 e. The van der Waals surface area contributed by atoms with Gasteiger partial charge in [0.25, 0.3) is 5.91 Å². The SMILES string of the molecule is C=CCNS(=O)(=O)c1ccc(C(=O)NC(c2ccccc2)c2c(O)ccc3ccccc23)cc1. The molecule has 4 aromatic carbocycles. The zero-order valence-corrected chi connectivity index (χ0v) is 19.1. The van der Waals surface area contributed by atoms with Crippen LogP contribution in [0.25, 0.3) is 10.8 Å². The minimum absolute atomic E-state index is 0.0530. The number of benzene rings is 4. The fraction of sp³-hybridized carbons (Fsp3) is 0.0741. The van der Waals surface area contributed by atoms with Gasteiger partial charge in [0.15, 0.2) is 0 Å². The standard InChI is InChI=1S/C27H24N2O4S/c1-2-18-28-34(32,33)22-15-12-21(13-16-22)27(31)29-26(20-9-4-3-5-10-20)25-23-11-7-6-8-19(23)14-17-24(25)30/h2-17,26,28,30H,1,18H2,(H,29,31). The van der Waals surface area contributed by atoms with E-state index in [-0.39, 0.29) is 17.2 Å². The summed E-state index contributed by atoms with van der Waals surface area (Å²) in [6, 6.07) is 25.5. The summed E-state index contributed by atoms with van der Waals surface area (Å²) in [5.74, 6) is -0.327. The van der Waals surface area contributed by atoms with Gasteiger partial charge >= 0.3 is 0 Å². The summed E-state index contributed by atoms with van der Waals surface area (Å²) >= 11 is 0. The summed E-state index contributed by atoms with van der Waals surface area (Å²) in [7, 11) is -3.69. The number of phenolic OH excluding ortho intramolecular Hbond substituents is 1. The van der Waals surface area contributed by atoms with Crippen LogP contribution in [-0.2, 0) is 10.0 Å². The Morgan fingerprint density at radius 3 is 2.29 bits per heavy atom. The van der Waals surface area contributed by atoms with E-state index in [9.17, 15) is 18.3 Å². The molecule has 0 aromatic heterocycles. The van der Waals surface area contributed by atoms with Gasteiger partial charge in [-0.15, -0.1) is 6.58 Å². The van der Waals surface area contributed by atoms with E-state index < -0.39 is 22.0 Å². The molecule has 1 atom stereocenters. The third-order valence-electron chi connectivity index (χ3n) is 5.49. The summed E-state index contributed by atoms with van der Waals surface area (Å²) in [6.45, 7) is 3.61. The molecule has 172 valence electrons. The molecule has 0 aliphatic rings. The number of phenols is 1. The average Bonchev–Trinajstić information content (AvgIpc) is 2.87. The summed E-state index contributed by atoms with van der Waals surface area (Å²) in [5, 5.41) is 15.6. The number of rotatable bonds is 8. The average molecular weight is 473 g/mol. The summed E-state index contributed by atoms with van der Waals surface area (Å²) in [6.07, 6.45) is 1.45. The number of hydrogen-bond donors (Lipinski definition) is 3. The van der Waals surface area contributed by atoms with Crippen LogP contribution in [0.5, 0.6) is 5.75 Å². The molecular formula is C27H24N2O4S. The van der Waals surface area contributed by atoms with E-state index >= 15 is 0 Å². The van der Waals surface area contributed by atoms with E-state index in [0.29, 0.717) is 11.1 Å². The van der Waals surface area contributed by atoms with E-state index in [0.717, 1.165) is 16.3 Å². The number of aromatic hydroxyl groups is 1. The number of hydrogen-bond acceptors (Lipinski definition) is 4. The molecule has 4 aromatic rings. The number of carbonyl (C=O) groups excluding carboxylic acids is 1. The molecule has 0 radical (unpaired) electrons. The van der Waals surface area contributed by atoms with E-state index in [1.165, 1.54) is 30.3 Å². The molecule has 4 rings (SSSR count). The Labute approximate surface area is 198 Å². The van der Waals surface area contributed by atoms with Gasteiger partial charge in [0.1, 0.15) is 5.75 Å². The molecule has 7 heteroatoms. The van der Waals surface area contributed by atoms with Gasteiger partial charge in [-0.2, -0.15) is 0 Å². The number of nitrogens with one attached hydrogen (secondary N) is 2. The van der Waals surface area contributed by atoms with Crippen molar-refractivity contribution in [3.63, 3.8) is 0 Å². The van der Waals surface area contributed by atoms with Crippen LogP contribution in [0, 0.1) is 0 Å². The molecule has 0 bridgehead atoms. The Hall–Kier alpha value is -3.94. The molecular weight excluding hydrogens is 448 g/mol. The molecule has 3 N–H and O–H groups in total. The molecule has 0 saturated carbocycles. The van der Waals surface area contributed by atoms with Crippen LogP contribution in [0.3, 0.4) is 0 Å². The number of fused-ring (bicyclic) bond motifs is 1. The fourth-order valence-electron chi connectivity index (χ4n) is 3.81. The lowest BCUT2D eigenvalue weighted by Gasteiger charge is -2.23. The van der Waals surface area contributed by atoms with Crippen molar-refractivity contribution in [2.24, 2.45) is 0 Å². The highest BCUT2D eigenvalue weighted by molar-refractivity contribution is 7.89. The van der Waals surface area contributed by atoms with Gasteiger partial charge in [0, 0.05) is 17.7 Å². The number of carbonyl (C=O) groups is 1. The summed E-state index contributed by atoms with van der Waals surface area (Å²) < 4.78 is 27.0. The second-order valence-electron chi connectivity index (χ2n) is 7.70. The van der Waals surface area contributed by atoms with Crippen molar-refractivity contribution in [1.29, 1.82) is 0 Å². The van der Waals surface area contributed by atoms with Gasteiger partial charge in [-0.3, -0.25) is 4.79 Å².